The lowest BCUT2D eigenvalue weighted by atomic mass is 10.2. The van der Waals surface area contributed by atoms with Crippen LogP contribution in [0.15, 0.2) is 12.5 Å². The Hall–Kier alpha value is -1.18. The van der Waals surface area contributed by atoms with E-state index in [-0.39, 0.29) is 0 Å². The van der Waals surface area contributed by atoms with Crippen LogP contribution in [-0.2, 0) is 13.0 Å². The van der Waals surface area contributed by atoms with Crippen molar-refractivity contribution in [1.29, 1.82) is 0 Å². The third-order valence-electron chi connectivity index (χ3n) is 3.16. The molecule has 0 fully saturated rings. The molecule has 2 rings (SSSR count). The number of imidazole rings is 1. The number of anilines is 1. The summed E-state index contributed by atoms with van der Waals surface area (Å²) in [4.78, 5) is 13.7. The van der Waals surface area contributed by atoms with Crippen LogP contribution in [0.3, 0.4) is 0 Å². The number of nitrogens with zero attached hydrogens (tertiary/aromatic N) is 4. The Morgan fingerprint density at radius 2 is 2.00 bits per heavy atom. The molecule has 0 aromatic carbocycles. The first-order chi connectivity index (χ1) is 10.2. The predicted molar refractivity (Wildman–Crippen MR) is 94.4 cm³/mol. The van der Waals surface area contributed by atoms with Gasteiger partial charge in [0, 0.05) is 13.1 Å². The molecular weight excluding hydrogens is 377 g/mol. The fourth-order valence-corrected chi connectivity index (χ4v) is 2.92. The van der Waals surface area contributed by atoms with Crippen LogP contribution in [-0.4, -0.2) is 26.1 Å². The zero-order chi connectivity index (χ0) is 15.2. The van der Waals surface area contributed by atoms with Gasteiger partial charge in [-0.15, -0.1) is 0 Å². The molecule has 5 nitrogen and oxygen atoms in total. The number of aromatic nitrogens is 4. The fraction of sp³-hybridized carbons (Fsp3) is 0.533. The first-order valence-corrected chi connectivity index (χ1v) is 8.59. The average molecular weight is 399 g/mol. The number of hydrogen-bond donors (Lipinski definition) is 1. The highest BCUT2D eigenvalue weighted by atomic mass is 127. The van der Waals surface area contributed by atoms with Crippen molar-refractivity contribution in [3.8, 4) is 11.5 Å². The van der Waals surface area contributed by atoms with E-state index in [1.54, 1.807) is 0 Å². The minimum Gasteiger partial charge on any atom is -0.369 e. The number of aryl methyl sites for hydroxylation is 2. The maximum Gasteiger partial charge on any atom is 0.180 e. The molecule has 2 heterocycles. The minimum absolute atomic E-state index is 0.765. The van der Waals surface area contributed by atoms with Gasteiger partial charge >= 0.3 is 0 Å². The minimum atomic E-state index is 0.765. The second-order valence-electron chi connectivity index (χ2n) is 4.91. The van der Waals surface area contributed by atoms with Crippen molar-refractivity contribution in [2.45, 2.75) is 46.6 Å². The molecule has 2 aromatic rings. The number of halogens is 1. The number of rotatable bonds is 7. The monoisotopic (exact) mass is 399 g/mol. The van der Waals surface area contributed by atoms with Gasteiger partial charge in [-0.1, -0.05) is 20.3 Å². The topological polar surface area (TPSA) is 55.6 Å². The Bertz CT molecular complexity index is 566. The molecule has 0 radical (unpaired) electrons. The van der Waals surface area contributed by atoms with Gasteiger partial charge in [0.05, 0.1) is 21.8 Å². The maximum absolute atomic E-state index is 4.77. The van der Waals surface area contributed by atoms with E-state index in [9.17, 15) is 0 Å². The SMILES string of the molecule is CCCc1nc(-c2cncn2CCC)nc(NCC)c1I. The highest BCUT2D eigenvalue weighted by molar-refractivity contribution is 14.1. The zero-order valence-electron chi connectivity index (χ0n) is 12.9. The Morgan fingerprint density at radius 1 is 1.19 bits per heavy atom. The molecule has 1 N–H and O–H groups in total. The summed E-state index contributed by atoms with van der Waals surface area (Å²) in [6.45, 7) is 8.20. The predicted octanol–water partition coefficient (Wildman–Crippen LogP) is 3.74. The van der Waals surface area contributed by atoms with Crippen LogP contribution in [0.4, 0.5) is 5.82 Å². The molecule has 0 atom stereocenters. The number of nitrogens with one attached hydrogen (secondary N) is 1. The first-order valence-electron chi connectivity index (χ1n) is 7.51. The molecule has 0 bridgehead atoms. The van der Waals surface area contributed by atoms with Crippen molar-refractivity contribution in [2.75, 3.05) is 11.9 Å². The molecule has 6 heteroatoms. The average Bonchev–Trinajstić information content (AvgIpc) is 2.92. The number of hydrogen-bond acceptors (Lipinski definition) is 4. The van der Waals surface area contributed by atoms with E-state index in [4.69, 9.17) is 9.97 Å². The molecule has 0 saturated carbocycles. The Labute approximate surface area is 139 Å². The van der Waals surface area contributed by atoms with Crippen molar-refractivity contribution in [1.82, 2.24) is 19.5 Å². The second kappa shape index (κ2) is 7.72. The lowest BCUT2D eigenvalue weighted by molar-refractivity contribution is 0.680. The van der Waals surface area contributed by atoms with E-state index in [0.29, 0.717) is 0 Å². The summed E-state index contributed by atoms with van der Waals surface area (Å²) in [7, 11) is 0. The molecule has 114 valence electrons. The Morgan fingerprint density at radius 3 is 2.67 bits per heavy atom. The van der Waals surface area contributed by atoms with E-state index < -0.39 is 0 Å². The molecule has 21 heavy (non-hydrogen) atoms. The zero-order valence-corrected chi connectivity index (χ0v) is 15.0. The van der Waals surface area contributed by atoms with Crippen LogP contribution in [0.2, 0.25) is 0 Å². The van der Waals surface area contributed by atoms with Crippen LogP contribution in [0.25, 0.3) is 11.5 Å². The van der Waals surface area contributed by atoms with Gasteiger partial charge in [0.25, 0.3) is 0 Å². The highest BCUT2D eigenvalue weighted by Gasteiger charge is 2.15. The van der Waals surface area contributed by atoms with E-state index >= 15 is 0 Å². The Kier molecular flexibility index (Phi) is 5.96. The first kappa shape index (κ1) is 16.2. The summed E-state index contributed by atoms with van der Waals surface area (Å²) in [6.07, 6.45) is 6.81. The van der Waals surface area contributed by atoms with Crippen molar-refractivity contribution in [3.63, 3.8) is 0 Å². The van der Waals surface area contributed by atoms with Gasteiger partial charge in [0.2, 0.25) is 0 Å². The van der Waals surface area contributed by atoms with Crippen LogP contribution < -0.4 is 5.32 Å². The smallest absolute Gasteiger partial charge is 0.180 e. The highest BCUT2D eigenvalue weighted by Crippen LogP contribution is 2.25. The van der Waals surface area contributed by atoms with Gasteiger partial charge in [0.15, 0.2) is 5.82 Å². The van der Waals surface area contributed by atoms with Crippen LogP contribution in [0.1, 0.15) is 39.3 Å². The lowest BCUT2D eigenvalue weighted by Crippen LogP contribution is -2.09. The summed E-state index contributed by atoms with van der Waals surface area (Å²) < 4.78 is 3.25. The third kappa shape index (κ3) is 3.72. The largest absolute Gasteiger partial charge is 0.369 e. The summed E-state index contributed by atoms with van der Waals surface area (Å²) in [5, 5.41) is 3.34. The summed E-state index contributed by atoms with van der Waals surface area (Å²) in [5.74, 6) is 1.69. The van der Waals surface area contributed by atoms with Crippen LogP contribution in [0.5, 0.6) is 0 Å². The van der Waals surface area contributed by atoms with Gasteiger partial charge in [-0.2, -0.15) is 0 Å². The molecule has 0 amide bonds. The summed E-state index contributed by atoms with van der Waals surface area (Å²) >= 11 is 2.34. The summed E-state index contributed by atoms with van der Waals surface area (Å²) in [6, 6.07) is 0. The Balaban J connectivity index is 2.49. The molecule has 0 saturated heterocycles. The fourth-order valence-electron chi connectivity index (χ4n) is 2.22. The van der Waals surface area contributed by atoms with Crippen LogP contribution >= 0.6 is 22.6 Å². The molecule has 2 aromatic heterocycles. The lowest BCUT2D eigenvalue weighted by Gasteiger charge is -2.13. The maximum atomic E-state index is 4.77. The van der Waals surface area contributed by atoms with E-state index in [1.807, 2.05) is 12.5 Å². The van der Waals surface area contributed by atoms with E-state index in [2.05, 4.69) is 58.2 Å². The molecule has 0 spiro atoms. The molecule has 0 aliphatic rings. The van der Waals surface area contributed by atoms with Crippen molar-refractivity contribution < 1.29 is 0 Å². The van der Waals surface area contributed by atoms with Crippen molar-refractivity contribution >= 4 is 28.4 Å². The van der Waals surface area contributed by atoms with Gasteiger partial charge < -0.3 is 9.88 Å². The molecule has 0 aliphatic carbocycles. The van der Waals surface area contributed by atoms with E-state index in [0.717, 1.165) is 59.0 Å². The van der Waals surface area contributed by atoms with Crippen molar-refractivity contribution in [2.24, 2.45) is 0 Å². The van der Waals surface area contributed by atoms with E-state index in [1.165, 1.54) is 0 Å². The third-order valence-corrected chi connectivity index (χ3v) is 4.29. The molecular formula is C15H22IN5. The van der Waals surface area contributed by atoms with Crippen LogP contribution in [0, 0.1) is 3.57 Å². The summed E-state index contributed by atoms with van der Waals surface area (Å²) in [5.41, 5.74) is 2.10. The normalized spacial score (nSPS) is 10.9. The quantitative estimate of drug-likeness (QED) is 0.721. The molecule has 0 unspecified atom stereocenters. The van der Waals surface area contributed by atoms with Crippen molar-refractivity contribution in [3.05, 3.63) is 21.8 Å². The van der Waals surface area contributed by atoms with Gasteiger partial charge in [-0.25, -0.2) is 15.0 Å². The van der Waals surface area contributed by atoms with Gasteiger partial charge in [0.1, 0.15) is 11.5 Å². The standard InChI is InChI=1S/C15H22IN5/c1-4-7-11-13(16)15(18-6-3)20-14(19-11)12-9-17-10-21(12)8-5-2/h9-10H,4-8H2,1-3H3,(H,18,19,20). The van der Waals surface area contributed by atoms with Gasteiger partial charge in [-0.05, 0) is 42.4 Å². The second-order valence-corrected chi connectivity index (χ2v) is 5.99. The molecule has 0 aliphatic heterocycles. The van der Waals surface area contributed by atoms with Gasteiger partial charge in [-0.3, -0.25) is 0 Å².